The SMILES string of the molecule is CCCN(CCC)CC(O)COC(Cc1ccc(F)c(Cl)c1)C(=O)c1ccccc1.Cl. The first-order valence-electron chi connectivity index (χ1n) is 10.5. The zero-order valence-corrected chi connectivity index (χ0v) is 19.7. The van der Waals surface area contributed by atoms with E-state index >= 15 is 0 Å². The van der Waals surface area contributed by atoms with E-state index in [1.165, 1.54) is 12.1 Å². The Hall–Kier alpha value is -1.50. The van der Waals surface area contributed by atoms with Crippen LogP contribution in [0.1, 0.15) is 42.6 Å². The van der Waals surface area contributed by atoms with Gasteiger partial charge in [-0.3, -0.25) is 4.79 Å². The van der Waals surface area contributed by atoms with Crippen molar-refractivity contribution in [1.82, 2.24) is 4.90 Å². The lowest BCUT2D eigenvalue weighted by Crippen LogP contribution is -2.38. The van der Waals surface area contributed by atoms with E-state index in [1.807, 2.05) is 6.07 Å². The van der Waals surface area contributed by atoms with Crippen molar-refractivity contribution in [2.75, 3.05) is 26.2 Å². The summed E-state index contributed by atoms with van der Waals surface area (Å²) in [5, 5.41) is 10.5. The van der Waals surface area contributed by atoms with Gasteiger partial charge in [-0.25, -0.2) is 4.39 Å². The zero-order chi connectivity index (χ0) is 21.9. The molecule has 31 heavy (non-hydrogen) atoms. The normalized spacial score (nSPS) is 13.0. The number of ether oxygens (including phenoxy) is 1. The molecule has 2 atom stereocenters. The lowest BCUT2D eigenvalue weighted by molar-refractivity contribution is -0.0134. The van der Waals surface area contributed by atoms with E-state index in [9.17, 15) is 14.3 Å². The molecule has 0 fully saturated rings. The van der Waals surface area contributed by atoms with Crippen molar-refractivity contribution in [3.05, 3.63) is 70.5 Å². The molecule has 2 rings (SSSR count). The Morgan fingerprint density at radius 1 is 1.13 bits per heavy atom. The molecule has 4 nitrogen and oxygen atoms in total. The molecule has 2 unspecified atom stereocenters. The minimum Gasteiger partial charge on any atom is -0.389 e. The summed E-state index contributed by atoms with van der Waals surface area (Å²) in [6, 6.07) is 13.3. The largest absolute Gasteiger partial charge is 0.389 e. The van der Waals surface area contributed by atoms with Gasteiger partial charge in [0.25, 0.3) is 0 Å². The highest BCUT2D eigenvalue weighted by atomic mass is 35.5. The number of carbonyl (C=O) groups is 1. The molecule has 0 heterocycles. The predicted octanol–water partition coefficient (Wildman–Crippen LogP) is 5.19. The second-order valence-electron chi connectivity index (χ2n) is 7.46. The molecule has 0 bridgehead atoms. The smallest absolute Gasteiger partial charge is 0.191 e. The van der Waals surface area contributed by atoms with Crippen LogP contribution in [0.3, 0.4) is 0 Å². The van der Waals surface area contributed by atoms with Crippen molar-refractivity contribution < 1.29 is 19.0 Å². The van der Waals surface area contributed by atoms with Crippen LogP contribution in [0, 0.1) is 5.82 Å². The Bertz CT molecular complexity index is 786. The van der Waals surface area contributed by atoms with Gasteiger partial charge in [0.2, 0.25) is 0 Å². The van der Waals surface area contributed by atoms with Crippen molar-refractivity contribution >= 4 is 29.8 Å². The number of nitrogens with zero attached hydrogens (tertiary/aromatic N) is 1. The fraction of sp³-hybridized carbons (Fsp3) is 0.458. The quantitative estimate of drug-likeness (QED) is 0.408. The lowest BCUT2D eigenvalue weighted by Gasteiger charge is -2.25. The highest BCUT2D eigenvalue weighted by Crippen LogP contribution is 2.19. The van der Waals surface area contributed by atoms with Gasteiger partial charge < -0.3 is 14.7 Å². The minimum atomic E-state index is -0.797. The van der Waals surface area contributed by atoms with Crippen molar-refractivity contribution in [2.24, 2.45) is 0 Å². The van der Waals surface area contributed by atoms with Crippen LogP contribution in [0.15, 0.2) is 48.5 Å². The van der Waals surface area contributed by atoms with E-state index in [2.05, 4.69) is 18.7 Å². The number of hydrogen-bond donors (Lipinski definition) is 1. The number of benzene rings is 2. The number of ketones is 1. The molecule has 2 aromatic carbocycles. The van der Waals surface area contributed by atoms with Crippen LogP contribution < -0.4 is 0 Å². The summed E-state index contributed by atoms with van der Waals surface area (Å²) in [5.74, 6) is -0.683. The molecule has 0 aliphatic rings. The molecule has 0 saturated carbocycles. The number of aliphatic hydroxyl groups is 1. The average Bonchev–Trinajstić information content (AvgIpc) is 2.74. The molecule has 0 aliphatic heterocycles. The number of hydrogen-bond acceptors (Lipinski definition) is 4. The van der Waals surface area contributed by atoms with Crippen LogP contribution >= 0.6 is 24.0 Å². The van der Waals surface area contributed by atoms with Crippen LogP contribution in [0.5, 0.6) is 0 Å². The lowest BCUT2D eigenvalue weighted by atomic mass is 9.99. The predicted molar refractivity (Wildman–Crippen MR) is 126 cm³/mol. The van der Waals surface area contributed by atoms with Crippen molar-refractivity contribution in [1.29, 1.82) is 0 Å². The molecule has 7 heteroatoms. The molecule has 0 radical (unpaired) electrons. The van der Waals surface area contributed by atoms with E-state index < -0.39 is 18.0 Å². The Morgan fingerprint density at radius 2 is 1.77 bits per heavy atom. The summed E-state index contributed by atoms with van der Waals surface area (Å²) in [6.07, 6.45) is 0.760. The van der Waals surface area contributed by atoms with Gasteiger partial charge in [-0.05, 0) is 43.6 Å². The first-order chi connectivity index (χ1) is 14.4. The maximum Gasteiger partial charge on any atom is 0.191 e. The van der Waals surface area contributed by atoms with E-state index in [0.717, 1.165) is 25.9 Å². The summed E-state index contributed by atoms with van der Waals surface area (Å²) >= 11 is 5.89. The number of carbonyl (C=O) groups excluding carboxylic acids is 1. The number of halogens is 3. The molecular formula is C24H32Cl2FNO3. The van der Waals surface area contributed by atoms with E-state index in [4.69, 9.17) is 16.3 Å². The first-order valence-corrected chi connectivity index (χ1v) is 10.9. The van der Waals surface area contributed by atoms with Gasteiger partial charge in [-0.15, -0.1) is 12.4 Å². The molecule has 0 aromatic heterocycles. The Balaban J connectivity index is 0.00000480. The van der Waals surface area contributed by atoms with Crippen LogP contribution in [-0.2, 0) is 11.2 Å². The van der Waals surface area contributed by atoms with Gasteiger partial charge >= 0.3 is 0 Å². The second kappa shape index (κ2) is 14.5. The molecule has 0 aliphatic carbocycles. The molecule has 2 aromatic rings. The van der Waals surface area contributed by atoms with Gasteiger partial charge in [0.15, 0.2) is 5.78 Å². The third-order valence-electron chi connectivity index (χ3n) is 4.79. The number of Topliss-reactive ketones (excluding diaryl/α,β-unsaturated/α-hetero) is 1. The second-order valence-corrected chi connectivity index (χ2v) is 7.87. The van der Waals surface area contributed by atoms with Gasteiger partial charge in [-0.2, -0.15) is 0 Å². The molecule has 0 spiro atoms. The fourth-order valence-corrected chi connectivity index (χ4v) is 3.60. The molecule has 172 valence electrons. The fourth-order valence-electron chi connectivity index (χ4n) is 3.40. The summed E-state index contributed by atoms with van der Waals surface area (Å²) in [5.41, 5.74) is 1.23. The maximum atomic E-state index is 13.5. The van der Waals surface area contributed by atoms with Crippen LogP contribution in [0.4, 0.5) is 4.39 Å². The molecule has 1 N–H and O–H groups in total. The molecular weight excluding hydrogens is 440 g/mol. The minimum absolute atomic E-state index is 0. The maximum absolute atomic E-state index is 13.5. The summed E-state index contributed by atoms with van der Waals surface area (Å²) in [6.45, 7) is 6.57. The molecule has 0 saturated heterocycles. The van der Waals surface area contributed by atoms with E-state index in [1.54, 1.807) is 30.3 Å². The van der Waals surface area contributed by atoms with E-state index in [0.29, 0.717) is 17.7 Å². The summed E-state index contributed by atoms with van der Waals surface area (Å²) in [4.78, 5) is 15.2. The summed E-state index contributed by atoms with van der Waals surface area (Å²) < 4.78 is 19.4. The Labute approximate surface area is 195 Å². The van der Waals surface area contributed by atoms with Gasteiger partial charge in [0, 0.05) is 18.5 Å². The average molecular weight is 472 g/mol. The van der Waals surface area contributed by atoms with Crippen LogP contribution in [0.25, 0.3) is 0 Å². The van der Waals surface area contributed by atoms with Crippen molar-refractivity contribution in [2.45, 2.75) is 45.3 Å². The van der Waals surface area contributed by atoms with Crippen LogP contribution in [-0.4, -0.2) is 54.2 Å². The number of aliphatic hydroxyl groups excluding tert-OH is 1. The highest BCUT2D eigenvalue weighted by Gasteiger charge is 2.23. The Kier molecular flexibility index (Phi) is 12.9. The van der Waals surface area contributed by atoms with Crippen molar-refractivity contribution in [3.63, 3.8) is 0 Å². The van der Waals surface area contributed by atoms with Gasteiger partial charge in [-0.1, -0.05) is 61.8 Å². The standard InChI is InChI=1S/C24H31ClFNO3.ClH/c1-3-12-27(13-4-2)16-20(28)17-30-23(24(29)19-8-6-5-7-9-19)15-18-10-11-22(26)21(25)14-18;/h5-11,14,20,23,28H,3-4,12-13,15-17H2,1-2H3;1H. The van der Waals surface area contributed by atoms with Crippen LogP contribution in [0.2, 0.25) is 5.02 Å². The topological polar surface area (TPSA) is 49.8 Å². The zero-order valence-electron chi connectivity index (χ0n) is 18.1. The summed E-state index contributed by atoms with van der Waals surface area (Å²) in [7, 11) is 0. The van der Waals surface area contributed by atoms with Gasteiger partial charge in [0.05, 0.1) is 17.7 Å². The highest BCUT2D eigenvalue weighted by molar-refractivity contribution is 6.30. The van der Waals surface area contributed by atoms with Crippen molar-refractivity contribution in [3.8, 4) is 0 Å². The first kappa shape index (κ1) is 27.5. The third kappa shape index (κ3) is 9.26. The monoisotopic (exact) mass is 471 g/mol. The molecule has 0 amide bonds. The third-order valence-corrected chi connectivity index (χ3v) is 5.08. The number of rotatable bonds is 13. The van der Waals surface area contributed by atoms with Gasteiger partial charge in [0.1, 0.15) is 11.9 Å². The Morgan fingerprint density at radius 3 is 2.35 bits per heavy atom. The van der Waals surface area contributed by atoms with E-state index in [-0.39, 0.29) is 36.2 Å².